The van der Waals surface area contributed by atoms with Crippen LogP contribution in [0.4, 0.5) is 0 Å². The van der Waals surface area contributed by atoms with Gasteiger partial charge in [0.2, 0.25) is 5.91 Å². The van der Waals surface area contributed by atoms with E-state index >= 15 is 0 Å². The van der Waals surface area contributed by atoms with Crippen LogP contribution in [0.5, 0.6) is 0 Å². The Morgan fingerprint density at radius 1 is 0.871 bits per heavy atom. The summed E-state index contributed by atoms with van der Waals surface area (Å²) in [5.74, 6) is -2.71. The van der Waals surface area contributed by atoms with E-state index in [-0.39, 0.29) is 24.9 Å². The molecule has 11 heteroatoms. The summed E-state index contributed by atoms with van der Waals surface area (Å²) in [4.78, 5) is 59.2. The van der Waals surface area contributed by atoms with Gasteiger partial charge in [-0.2, -0.15) is 0 Å². The number of nitrogens with one attached hydrogen (secondary N) is 1. The molecular weight excluding hydrogens is 430 g/mol. The maximum absolute atomic E-state index is 12.6. The summed E-state index contributed by atoms with van der Waals surface area (Å²) in [6, 6.07) is -0.979. The molecule has 10 nitrogen and oxygen atoms in total. The fraction of sp³-hybridized carbons (Fsp3) is 0.750. The lowest BCUT2D eigenvalue weighted by atomic mass is 9.99. The van der Waals surface area contributed by atoms with E-state index in [9.17, 15) is 24.0 Å². The first kappa shape index (κ1) is 26.7. The van der Waals surface area contributed by atoms with Crippen LogP contribution < -0.4 is 5.32 Å². The molecule has 1 fully saturated rings. The van der Waals surface area contributed by atoms with Crippen molar-refractivity contribution in [3.8, 4) is 0 Å². The summed E-state index contributed by atoms with van der Waals surface area (Å²) in [5, 5.41) is 2.07. The van der Waals surface area contributed by atoms with E-state index in [0.717, 1.165) is 18.2 Å². The number of rotatable bonds is 9. The Labute approximate surface area is 186 Å². The third-order valence-corrected chi connectivity index (χ3v) is 5.95. The zero-order valence-corrected chi connectivity index (χ0v) is 19.5. The van der Waals surface area contributed by atoms with Gasteiger partial charge in [0.1, 0.15) is 12.6 Å². The molecule has 0 aromatic rings. The van der Waals surface area contributed by atoms with Gasteiger partial charge in [0.05, 0.1) is 5.25 Å². The molecule has 0 spiro atoms. The molecule has 1 saturated heterocycles. The summed E-state index contributed by atoms with van der Waals surface area (Å²) >= 11 is 1.05. The Balaban J connectivity index is 3.31. The molecule has 31 heavy (non-hydrogen) atoms. The van der Waals surface area contributed by atoms with E-state index in [1.54, 1.807) is 0 Å². The fourth-order valence-corrected chi connectivity index (χ4v) is 4.47. The first-order chi connectivity index (χ1) is 14.4. The minimum absolute atomic E-state index is 0.108. The van der Waals surface area contributed by atoms with E-state index in [2.05, 4.69) is 5.32 Å². The highest BCUT2D eigenvalue weighted by Gasteiger charge is 2.51. The molecule has 0 radical (unpaired) electrons. The molecule has 176 valence electrons. The minimum Gasteiger partial charge on any atom is -0.465 e. The van der Waals surface area contributed by atoms with Crippen LogP contribution in [0.2, 0.25) is 0 Å². The van der Waals surface area contributed by atoms with Crippen molar-refractivity contribution in [2.75, 3.05) is 6.61 Å². The average Bonchev–Trinajstić information content (AvgIpc) is 2.63. The van der Waals surface area contributed by atoms with E-state index in [0.29, 0.717) is 0 Å². The largest absolute Gasteiger partial charge is 0.465 e. The van der Waals surface area contributed by atoms with Crippen LogP contribution in [0.15, 0.2) is 0 Å². The molecule has 1 rings (SSSR count). The molecule has 1 amide bonds. The van der Waals surface area contributed by atoms with Crippen molar-refractivity contribution in [3.05, 3.63) is 0 Å². The first-order valence-electron chi connectivity index (χ1n) is 10.0. The Hall–Kier alpha value is -2.30. The monoisotopic (exact) mass is 461 g/mol. The molecule has 1 aliphatic heterocycles. The summed E-state index contributed by atoms with van der Waals surface area (Å²) < 4.78 is 21.3. The van der Waals surface area contributed by atoms with Gasteiger partial charge in [-0.05, 0) is 5.92 Å². The summed E-state index contributed by atoms with van der Waals surface area (Å²) in [7, 11) is 0. The van der Waals surface area contributed by atoms with Gasteiger partial charge in [-0.15, -0.1) is 11.8 Å². The highest BCUT2D eigenvalue weighted by molar-refractivity contribution is 8.00. The molecule has 1 heterocycles. The third kappa shape index (κ3) is 9.16. The first-order valence-corrected chi connectivity index (χ1v) is 11.0. The zero-order chi connectivity index (χ0) is 23.7. The van der Waals surface area contributed by atoms with Gasteiger partial charge >= 0.3 is 23.9 Å². The van der Waals surface area contributed by atoms with Gasteiger partial charge in [0, 0.05) is 34.1 Å². The second-order valence-corrected chi connectivity index (χ2v) is 8.76. The molecule has 0 bridgehead atoms. The lowest BCUT2D eigenvalue weighted by molar-refractivity contribution is -0.175. The van der Waals surface area contributed by atoms with Gasteiger partial charge in [0.25, 0.3) is 0 Å². The van der Waals surface area contributed by atoms with Crippen molar-refractivity contribution in [2.24, 2.45) is 5.92 Å². The second kappa shape index (κ2) is 12.5. The van der Waals surface area contributed by atoms with Crippen LogP contribution in [0.25, 0.3) is 0 Å². The number of esters is 4. The van der Waals surface area contributed by atoms with Crippen molar-refractivity contribution in [3.63, 3.8) is 0 Å². The molecule has 0 aromatic carbocycles. The standard InChI is InChI=1S/C20H31NO9S/c1-7-10(2)8-16(26)21-17-19(29-13(5)24)18(28-12(4)23)15(9-27-11(3)22)31-20(17)30-14(6)25/h10,15,17-20H,7-9H2,1-6H3,(H,21,26)/t10-,15?,17?,18?,19?,20?/m0/s1. The number of thioether (sulfide) groups is 1. The van der Waals surface area contributed by atoms with Crippen LogP contribution in [-0.2, 0) is 42.9 Å². The maximum atomic E-state index is 12.6. The van der Waals surface area contributed by atoms with Crippen LogP contribution in [-0.4, -0.2) is 65.3 Å². The predicted molar refractivity (Wildman–Crippen MR) is 111 cm³/mol. The zero-order valence-electron chi connectivity index (χ0n) is 18.7. The van der Waals surface area contributed by atoms with E-state index in [1.807, 2.05) is 13.8 Å². The summed E-state index contributed by atoms with van der Waals surface area (Å²) in [6.45, 7) is 8.48. The number of hydrogen-bond acceptors (Lipinski definition) is 10. The third-order valence-electron chi connectivity index (χ3n) is 4.54. The number of amides is 1. The van der Waals surface area contributed by atoms with Crippen molar-refractivity contribution >= 4 is 41.5 Å². The molecule has 1 N–H and O–H groups in total. The van der Waals surface area contributed by atoms with Crippen molar-refractivity contribution in [1.82, 2.24) is 5.32 Å². The smallest absolute Gasteiger partial charge is 0.303 e. The van der Waals surface area contributed by atoms with Crippen LogP contribution in [0, 0.1) is 5.92 Å². The van der Waals surface area contributed by atoms with Crippen molar-refractivity contribution in [1.29, 1.82) is 0 Å². The molecular formula is C20H31NO9S. The van der Waals surface area contributed by atoms with Gasteiger partial charge in [0.15, 0.2) is 17.6 Å². The predicted octanol–water partition coefficient (Wildman–Crippen LogP) is 1.34. The van der Waals surface area contributed by atoms with Crippen molar-refractivity contribution < 1.29 is 42.9 Å². The Morgan fingerprint density at radius 2 is 1.42 bits per heavy atom. The topological polar surface area (TPSA) is 134 Å². The molecule has 5 unspecified atom stereocenters. The minimum atomic E-state index is -1.16. The molecule has 1 aliphatic rings. The SMILES string of the molecule is CC[C@H](C)CC(=O)NC1C(OC(C)=O)SC(COC(C)=O)C(OC(C)=O)C1OC(C)=O. The van der Waals surface area contributed by atoms with Crippen LogP contribution in [0.1, 0.15) is 54.4 Å². The van der Waals surface area contributed by atoms with E-state index in [4.69, 9.17) is 18.9 Å². The van der Waals surface area contributed by atoms with Gasteiger partial charge in [-0.3, -0.25) is 24.0 Å². The Bertz CT molecular complexity index is 684. The summed E-state index contributed by atoms with van der Waals surface area (Å²) in [5.41, 5.74) is -0.963. The van der Waals surface area contributed by atoms with Gasteiger partial charge in [-0.25, -0.2) is 0 Å². The van der Waals surface area contributed by atoms with Crippen molar-refractivity contribution in [2.45, 2.75) is 83.3 Å². The quantitative estimate of drug-likeness (QED) is 0.396. The molecule has 6 atom stereocenters. The Kier molecular flexibility index (Phi) is 10.8. The van der Waals surface area contributed by atoms with E-state index in [1.165, 1.54) is 27.7 Å². The van der Waals surface area contributed by atoms with Gasteiger partial charge in [-0.1, -0.05) is 20.3 Å². The number of ether oxygens (including phenoxy) is 4. The highest BCUT2D eigenvalue weighted by atomic mass is 32.2. The highest BCUT2D eigenvalue weighted by Crippen LogP contribution is 2.37. The maximum Gasteiger partial charge on any atom is 0.303 e. The van der Waals surface area contributed by atoms with Gasteiger partial charge < -0.3 is 24.3 Å². The Morgan fingerprint density at radius 3 is 1.90 bits per heavy atom. The number of carbonyl (C=O) groups excluding carboxylic acids is 5. The number of carbonyl (C=O) groups is 5. The second-order valence-electron chi connectivity index (χ2n) is 7.41. The van der Waals surface area contributed by atoms with Crippen LogP contribution in [0.3, 0.4) is 0 Å². The molecule has 0 aromatic heterocycles. The summed E-state index contributed by atoms with van der Waals surface area (Å²) in [6.07, 6.45) is -1.21. The molecule has 0 aliphatic carbocycles. The van der Waals surface area contributed by atoms with E-state index < -0.39 is 52.8 Å². The number of hydrogen-bond donors (Lipinski definition) is 1. The average molecular weight is 462 g/mol. The lowest BCUT2D eigenvalue weighted by Gasteiger charge is -2.44. The van der Waals surface area contributed by atoms with Crippen LogP contribution >= 0.6 is 11.8 Å². The fourth-order valence-electron chi connectivity index (χ4n) is 3.03. The molecule has 0 saturated carbocycles. The normalized spacial score (nSPS) is 26.2. The lowest BCUT2D eigenvalue weighted by Crippen LogP contribution is -2.63.